The SMILES string of the molecule is c1ccc(N(c2ccc(C3(c4ccccc4)c4ccccc4-c4ccccc43)cc2)c2ccc(C3(c4ccccc4)c4ccccc4-c4c3ccc3c4Oc4ccccc4O3)cc2)cc1. The van der Waals surface area contributed by atoms with Gasteiger partial charge in [-0.1, -0.05) is 194 Å². The van der Waals surface area contributed by atoms with Gasteiger partial charge in [-0.3, -0.25) is 0 Å². The number of hydrogen-bond acceptors (Lipinski definition) is 3. The maximum Gasteiger partial charge on any atom is 0.178 e. The molecule has 0 saturated carbocycles. The maximum atomic E-state index is 6.77. The molecule has 65 heavy (non-hydrogen) atoms. The van der Waals surface area contributed by atoms with Crippen LogP contribution < -0.4 is 14.4 Å². The Labute approximate surface area is 379 Å². The van der Waals surface area contributed by atoms with Gasteiger partial charge in [0.1, 0.15) is 0 Å². The van der Waals surface area contributed by atoms with Crippen LogP contribution in [0.4, 0.5) is 17.1 Å². The molecule has 306 valence electrons. The van der Waals surface area contributed by atoms with Crippen molar-refractivity contribution >= 4 is 17.1 Å². The molecule has 0 aromatic heterocycles. The summed E-state index contributed by atoms with van der Waals surface area (Å²) in [6, 6.07) is 89.9. The van der Waals surface area contributed by atoms with Crippen molar-refractivity contribution in [3.8, 4) is 45.3 Å². The number of fused-ring (bicyclic) bond motifs is 9. The van der Waals surface area contributed by atoms with E-state index in [9.17, 15) is 0 Å². The molecule has 1 aliphatic heterocycles. The van der Waals surface area contributed by atoms with E-state index >= 15 is 0 Å². The van der Waals surface area contributed by atoms with Gasteiger partial charge in [0.2, 0.25) is 0 Å². The van der Waals surface area contributed by atoms with Gasteiger partial charge in [-0.15, -0.1) is 0 Å². The summed E-state index contributed by atoms with van der Waals surface area (Å²) in [7, 11) is 0. The molecular weight excluding hydrogens is 791 g/mol. The van der Waals surface area contributed by atoms with Gasteiger partial charge >= 0.3 is 0 Å². The molecule has 0 amide bonds. The van der Waals surface area contributed by atoms with E-state index in [0.29, 0.717) is 0 Å². The molecule has 0 bridgehead atoms. The number of para-hydroxylation sites is 3. The van der Waals surface area contributed by atoms with Gasteiger partial charge in [0, 0.05) is 22.6 Å². The van der Waals surface area contributed by atoms with Crippen molar-refractivity contribution in [1.29, 1.82) is 0 Å². The van der Waals surface area contributed by atoms with Crippen molar-refractivity contribution in [3.63, 3.8) is 0 Å². The first-order valence-electron chi connectivity index (χ1n) is 22.3. The van der Waals surface area contributed by atoms with E-state index in [0.717, 1.165) is 56.8 Å². The molecule has 13 rings (SSSR count). The highest BCUT2D eigenvalue weighted by molar-refractivity contribution is 5.92. The Bertz CT molecular complexity index is 3370. The van der Waals surface area contributed by atoms with Gasteiger partial charge in [0.25, 0.3) is 0 Å². The van der Waals surface area contributed by atoms with Crippen LogP contribution in [-0.2, 0) is 10.8 Å². The minimum atomic E-state index is -0.625. The Kier molecular flexibility index (Phi) is 8.34. The van der Waals surface area contributed by atoms with E-state index in [1.807, 2.05) is 24.3 Å². The first kappa shape index (κ1) is 37.2. The van der Waals surface area contributed by atoms with Crippen LogP contribution in [0.5, 0.6) is 23.0 Å². The average Bonchev–Trinajstić information content (AvgIpc) is 3.86. The highest BCUT2D eigenvalue weighted by atomic mass is 16.6. The van der Waals surface area contributed by atoms with Crippen LogP contribution in [0.25, 0.3) is 22.3 Å². The summed E-state index contributed by atoms with van der Waals surface area (Å²) in [6.07, 6.45) is 0. The summed E-state index contributed by atoms with van der Waals surface area (Å²) < 4.78 is 13.3. The third kappa shape index (κ3) is 5.36. The summed E-state index contributed by atoms with van der Waals surface area (Å²) in [5.74, 6) is 2.91. The van der Waals surface area contributed by atoms with Crippen LogP contribution in [0.2, 0.25) is 0 Å². The van der Waals surface area contributed by atoms with Crippen LogP contribution in [0.3, 0.4) is 0 Å². The molecule has 0 saturated heterocycles. The number of ether oxygens (including phenoxy) is 2. The van der Waals surface area contributed by atoms with Crippen molar-refractivity contribution in [1.82, 2.24) is 0 Å². The minimum absolute atomic E-state index is 0.467. The van der Waals surface area contributed by atoms with E-state index in [1.54, 1.807) is 0 Å². The molecule has 1 atom stereocenters. The quantitative estimate of drug-likeness (QED) is 0.160. The number of rotatable bonds is 7. The Balaban J connectivity index is 0.961. The third-order valence-electron chi connectivity index (χ3n) is 13.9. The van der Waals surface area contributed by atoms with E-state index in [1.165, 1.54) is 50.1 Å². The second kappa shape index (κ2) is 14.6. The van der Waals surface area contributed by atoms with Gasteiger partial charge in [0.05, 0.1) is 10.8 Å². The third-order valence-corrected chi connectivity index (χ3v) is 13.9. The fourth-order valence-corrected chi connectivity index (χ4v) is 11.3. The van der Waals surface area contributed by atoms with Crippen LogP contribution in [0, 0.1) is 0 Å². The first-order chi connectivity index (χ1) is 32.2. The van der Waals surface area contributed by atoms with Crippen molar-refractivity contribution in [2.75, 3.05) is 4.90 Å². The van der Waals surface area contributed by atoms with Crippen LogP contribution in [0.15, 0.2) is 249 Å². The predicted octanol–water partition coefficient (Wildman–Crippen LogP) is 15.8. The molecule has 3 heteroatoms. The van der Waals surface area contributed by atoms with Gasteiger partial charge in [-0.25, -0.2) is 0 Å². The summed E-state index contributed by atoms with van der Waals surface area (Å²) >= 11 is 0. The lowest BCUT2D eigenvalue weighted by molar-refractivity contribution is 0.360. The number of nitrogens with zero attached hydrogens (tertiary/aromatic N) is 1. The lowest BCUT2D eigenvalue weighted by Gasteiger charge is -2.35. The number of benzene rings is 10. The van der Waals surface area contributed by atoms with Gasteiger partial charge in [0.15, 0.2) is 23.0 Å². The monoisotopic (exact) mass is 831 g/mol. The molecule has 10 aromatic carbocycles. The van der Waals surface area contributed by atoms with Gasteiger partial charge < -0.3 is 14.4 Å². The zero-order valence-corrected chi connectivity index (χ0v) is 35.4. The normalized spacial score (nSPS) is 15.5. The Hall–Kier alpha value is -8.40. The highest BCUT2D eigenvalue weighted by Gasteiger charge is 2.49. The van der Waals surface area contributed by atoms with Crippen LogP contribution in [0.1, 0.15) is 44.5 Å². The molecule has 10 aromatic rings. The Morgan fingerprint density at radius 1 is 0.262 bits per heavy atom. The van der Waals surface area contributed by atoms with Gasteiger partial charge in [-0.05, 0) is 116 Å². The summed E-state index contributed by atoms with van der Waals surface area (Å²) in [5.41, 5.74) is 16.7. The molecule has 3 aliphatic rings. The molecule has 0 spiro atoms. The summed E-state index contributed by atoms with van der Waals surface area (Å²) in [6.45, 7) is 0. The predicted molar refractivity (Wildman–Crippen MR) is 262 cm³/mol. The number of hydrogen-bond donors (Lipinski definition) is 0. The summed E-state index contributed by atoms with van der Waals surface area (Å²) in [4.78, 5) is 2.37. The topological polar surface area (TPSA) is 21.7 Å². The average molecular weight is 832 g/mol. The molecule has 0 fully saturated rings. The smallest absolute Gasteiger partial charge is 0.178 e. The van der Waals surface area contributed by atoms with Crippen molar-refractivity contribution in [2.24, 2.45) is 0 Å². The standard InChI is InChI=1S/C62H41NO2/c1-4-18-42(19-5-1)61(52-27-13-10-24-49(52)50-25-11-14-28-53(50)61)44-32-36-47(37-33-44)63(46-22-8-3-9-23-46)48-38-34-45(35-39-48)62(43-20-6-2-7-21-43)54-29-15-12-26-51(54)59-55(62)40-41-58-60(59)65-57-31-17-16-30-56(57)64-58/h1-41H. The molecular formula is C62H41NO2. The van der Waals surface area contributed by atoms with Crippen molar-refractivity contribution in [2.45, 2.75) is 10.8 Å². The molecule has 3 nitrogen and oxygen atoms in total. The van der Waals surface area contributed by atoms with E-state index in [-0.39, 0.29) is 0 Å². The zero-order valence-electron chi connectivity index (χ0n) is 35.4. The van der Waals surface area contributed by atoms with Crippen LogP contribution >= 0.6 is 0 Å². The Morgan fingerprint density at radius 3 is 1.18 bits per heavy atom. The Morgan fingerprint density at radius 2 is 0.646 bits per heavy atom. The molecule has 1 unspecified atom stereocenters. The first-order valence-corrected chi connectivity index (χ1v) is 22.3. The molecule has 0 radical (unpaired) electrons. The van der Waals surface area contributed by atoms with Crippen molar-refractivity contribution < 1.29 is 9.47 Å². The lowest BCUT2D eigenvalue weighted by Crippen LogP contribution is -2.28. The summed E-state index contributed by atoms with van der Waals surface area (Å²) in [5, 5.41) is 0. The molecule has 0 N–H and O–H groups in total. The molecule has 1 heterocycles. The fourth-order valence-electron chi connectivity index (χ4n) is 11.3. The lowest BCUT2D eigenvalue weighted by atomic mass is 9.67. The fraction of sp³-hybridized carbons (Fsp3) is 0.0323. The minimum Gasteiger partial charge on any atom is -0.449 e. The van der Waals surface area contributed by atoms with Crippen LogP contribution in [-0.4, -0.2) is 0 Å². The maximum absolute atomic E-state index is 6.77. The molecule has 2 aliphatic carbocycles. The highest BCUT2D eigenvalue weighted by Crippen LogP contribution is 2.62. The number of anilines is 3. The zero-order chi connectivity index (χ0) is 43.0. The second-order valence-electron chi connectivity index (χ2n) is 17.1. The largest absolute Gasteiger partial charge is 0.449 e. The van der Waals surface area contributed by atoms with Gasteiger partial charge in [-0.2, -0.15) is 0 Å². The van der Waals surface area contributed by atoms with E-state index < -0.39 is 10.8 Å². The second-order valence-corrected chi connectivity index (χ2v) is 17.1. The van der Waals surface area contributed by atoms with E-state index in [4.69, 9.17) is 9.47 Å². The van der Waals surface area contributed by atoms with E-state index in [2.05, 4.69) is 229 Å². The van der Waals surface area contributed by atoms with Crippen molar-refractivity contribution in [3.05, 3.63) is 293 Å².